The third-order valence-corrected chi connectivity index (χ3v) is 5.74. The summed E-state index contributed by atoms with van der Waals surface area (Å²) in [6.45, 7) is 7.08. The predicted molar refractivity (Wildman–Crippen MR) is 121 cm³/mol. The number of carbonyl (C=O) groups excluding carboxylic acids is 2. The van der Waals surface area contributed by atoms with Crippen molar-refractivity contribution in [3.63, 3.8) is 0 Å². The summed E-state index contributed by atoms with van der Waals surface area (Å²) in [6.07, 6.45) is -0.614. The average Bonchev–Trinajstić information content (AvgIpc) is 3.07. The molecule has 1 aliphatic rings. The SMILES string of the molecule is CC(CNC(=O)OCC1c2ccccc2-c2ccccc21)C(=O)NC(C(=O)O)C(C)(C)C. The highest BCUT2D eigenvalue weighted by atomic mass is 16.5. The first-order chi connectivity index (χ1) is 15.1. The number of hydrogen-bond donors (Lipinski definition) is 3. The quantitative estimate of drug-likeness (QED) is 0.610. The Morgan fingerprint density at radius 2 is 1.53 bits per heavy atom. The molecule has 0 spiro atoms. The number of carboxylic acid groups (broad SMARTS) is 1. The molecule has 0 fully saturated rings. The molecule has 1 aliphatic carbocycles. The van der Waals surface area contributed by atoms with Gasteiger partial charge in [-0.3, -0.25) is 4.79 Å². The maximum Gasteiger partial charge on any atom is 0.407 e. The maximum absolute atomic E-state index is 12.4. The average molecular weight is 439 g/mol. The van der Waals surface area contributed by atoms with Crippen LogP contribution < -0.4 is 10.6 Å². The minimum absolute atomic E-state index is 0.0407. The molecule has 2 atom stereocenters. The number of hydrogen-bond acceptors (Lipinski definition) is 4. The van der Waals surface area contributed by atoms with Gasteiger partial charge in [-0.15, -0.1) is 0 Å². The summed E-state index contributed by atoms with van der Waals surface area (Å²) in [4.78, 5) is 36.1. The van der Waals surface area contributed by atoms with E-state index in [0.717, 1.165) is 22.3 Å². The van der Waals surface area contributed by atoms with E-state index in [0.29, 0.717) is 0 Å². The Labute approximate surface area is 188 Å². The zero-order chi connectivity index (χ0) is 23.5. The Morgan fingerprint density at radius 3 is 2.03 bits per heavy atom. The summed E-state index contributed by atoms with van der Waals surface area (Å²) in [7, 11) is 0. The lowest BCUT2D eigenvalue weighted by Gasteiger charge is -2.28. The van der Waals surface area contributed by atoms with Crippen LogP contribution in [0.1, 0.15) is 44.7 Å². The molecule has 2 amide bonds. The van der Waals surface area contributed by atoms with E-state index >= 15 is 0 Å². The molecule has 2 unspecified atom stereocenters. The Kier molecular flexibility index (Phi) is 6.87. The number of nitrogens with one attached hydrogen (secondary N) is 2. The predicted octanol–water partition coefficient (Wildman–Crippen LogP) is 3.78. The number of carboxylic acids is 1. The van der Waals surface area contributed by atoms with Crippen molar-refractivity contribution >= 4 is 18.0 Å². The van der Waals surface area contributed by atoms with Crippen molar-refractivity contribution in [3.05, 3.63) is 59.7 Å². The number of carbonyl (C=O) groups is 3. The molecule has 2 aromatic rings. The van der Waals surface area contributed by atoms with E-state index in [-0.39, 0.29) is 19.1 Å². The van der Waals surface area contributed by atoms with Crippen molar-refractivity contribution in [3.8, 4) is 11.1 Å². The van der Waals surface area contributed by atoms with Crippen molar-refractivity contribution in [2.45, 2.75) is 39.7 Å². The standard InChI is InChI=1S/C25H30N2O5/c1-15(22(28)27-21(23(29)30)25(2,3)4)13-26-24(31)32-14-20-18-11-7-5-9-16(18)17-10-6-8-12-19(17)20/h5-12,15,20-21H,13-14H2,1-4H3,(H,26,31)(H,27,28)(H,29,30). The van der Waals surface area contributed by atoms with E-state index in [1.807, 2.05) is 36.4 Å². The summed E-state index contributed by atoms with van der Waals surface area (Å²) >= 11 is 0. The zero-order valence-electron chi connectivity index (χ0n) is 18.8. The van der Waals surface area contributed by atoms with E-state index in [2.05, 4.69) is 22.8 Å². The smallest absolute Gasteiger partial charge is 0.407 e. The van der Waals surface area contributed by atoms with Crippen molar-refractivity contribution in [1.29, 1.82) is 0 Å². The molecule has 170 valence electrons. The molecule has 0 saturated heterocycles. The molecule has 7 heteroatoms. The summed E-state index contributed by atoms with van der Waals surface area (Å²) < 4.78 is 5.47. The molecule has 7 nitrogen and oxygen atoms in total. The van der Waals surface area contributed by atoms with Gasteiger partial charge in [-0.2, -0.15) is 0 Å². The van der Waals surface area contributed by atoms with E-state index < -0.39 is 35.3 Å². The molecule has 3 rings (SSSR count). The van der Waals surface area contributed by atoms with Gasteiger partial charge in [-0.05, 0) is 27.7 Å². The van der Waals surface area contributed by atoms with Crippen LogP contribution in [0.25, 0.3) is 11.1 Å². The lowest BCUT2D eigenvalue weighted by atomic mass is 9.86. The van der Waals surface area contributed by atoms with Gasteiger partial charge in [0.25, 0.3) is 0 Å². The highest BCUT2D eigenvalue weighted by molar-refractivity contribution is 5.85. The normalized spacial score (nSPS) is 14.6. The summed E-state index contributed by atoms with van der Waals surface area (Å²) in [5.74, 6) is -2.19. The van der Waals surface area contributed by atoms with Crippen LogP contribution in [0.2, 0.25) is 0 Å². The molecular formula is C25H30N2O5. The van der Waals surface area contributed by atoms with Gasteiger partial charge >= 0.3 is 12.1 Å². The Balaban J connectivity index is 1.54. The van der Waals surface area contributed by atoms with Gasteiger partial charge < -0.3 is 20.5 Å². The fourth-order valence-corrected chi connectivity index (χ4v) is 3.91. The monoisotopic (exact) mass is 438 g/mol. The van der Waals surface area contributed by atoms with Crippen LogP contribution in [0, 0.1) is 11.3 Å². The highest BCUT2D eigenvalue weighted by Gasteiger charge is 2.34. The van der Waals surface area contributed by atoms with E-state index in [4.69, 9.17) is 4.74 Å². The summed E-state index contributed by atoms with van der Waals surface area (Å²) in [5.41, 5.74) is 3.90. The molecule has 32 heavy (non-hydrogen) atoms. The molecule has 0 heterocycles. The number of benzene rings is 2. The molecule has 0 aliphatic heterocycles. The molecule has 3 N–H and O–H groups in total. The van der Waals surface area contributed by atoms with Crippen LogP contribution in [-0.4, -0.2) is 42.3 Å². The topological polar surface area (TPSA) is 105 Å². The maximum atomic E-state index is 12.4. The summed E-state index contributed by atoms with van der Waals surface area (Å²) in [6, 6.07) is 15.1. The number of ether oxygens (including phenoxy) is 1. The van der Waals surface area contributed by atoms with Gasteiger partial charge in [0, 0.05) is 12.5 Å². The second kappa shape index (κ2) is 9.42. The third-order valence-electron chi connectivity index (χ3n) is 5.74. The minimum Gasteiger partial charge on any atom is -0.480 e. The number of aliphatic carboxylic acids is 1. The number of amides is 2. The first kappa shape index (κ1) is 23.3. The number of alkyl carbamates (subject to hydrolysis) is 1. The van der Waals surface area contributed by atoms with Crippen LogP contribution in [-0.2, 0) is 14.3 Å². The van der Waals surface area contributed by atoms with Crippen molar-refractivity contribution in [2.75, 3.05) is 13.2 Å². The highest BCUT2D eigenvalue weighted by Crippen LogP contribution is 2.44. The van der Waals surface area contributed by atoms with Gasteiger partial charge in [0.2, 0.25) is 5.91 Å². The van der Waals surface area contributed by atoms with Crippen molar-refractivity contribution in [2.24, 2.45) is 11.3 Å². The lowest BCUT2D eigenvalue weighted by molar-refractivity contribution is -0.145. The molecule has 0 aromatic heterocycles. The van der Waals surface area contributed by atoms with Crippen LogP contribution in [0.4, 0.5) is 4.79 Å². The van der Waals surface area contributed by atoms with Gasteiger partial charge in [0.15, 0.2) is 0 Å². The molecule has 2 aromatic carbocycles. The Bertz CT molecular complexity index is 966. The van der Waals surface area contributed by atoms with Crippen LogP contribution >= 0.6 is 0 Å². The van der Waals surface area contributed by atoms with Crippen LogP contribution in [0.3, 0.4) is 0 Å². The fourth-order valence-electron chi connectivity index (χ4n) is 3.91. The largest absolute Gasteiger partial charge is 0.480 e. The van der Waals surface area contributed by atoms with E-state index in [9.17, 15) is 19.5 Å². The lowest BCUT2D eigenvalue weighted by Crippen LogP contribution is -2.51. The minimum atomic E-state index is -1.09. The van der Waals surface area contributed by atoms with Crippen LogP contribution in [0.15, 0.2) is 48.5 Å². The number of rotatable bonds is 7. The second-order valence-corrected chi connectivity index (χ2v) is 9.25. The van der Waals surface area contributed by atoms with E-state index in [1.54, 1.807) is 27.7 Å². The molecule has 0 bridgehead atoms. The zero-order valence-corrected chi connectivity index (χ0v) is 18.8. The number of fused-ring (bicyclic) bond motifs is 3. The van der Waals surface area contributed by atoms with Crippen molar-refractivity contribution in [1.82, 2.24) is 10.6 Å². The first-order valence-corrected chi connectivity index (χ1v) is 10.7. The Morgan fingerprint density at radius 1 is 1.00 bits per heavy atom. The molecular weight excluding hydrogens is 408 g/mol. The van der Waals surface area contributed by atoms with Gasteiger partial charge in [-0.1, -0.05) is 76.2 Å². The molecule has 0 radical (unpaired) electrons. The van der Waals surface area contributed by atoms with Gasteiger partial charge in [0.1, 0.15) is 12.6 Å². The first-order valence-electron chi connectivity index (χ1n) is 10.7. The third kappa shape index (κ3) is 5.10. The fraction of sp³-hybridized carbons (Fsp3) is 0.400. The van der Waals surface area contributed by atoms with E-state index in [1.165, 1.54) is 0 Å². The summed E-state index contributed by atoms with van der Waals surface area (Å²) in [5, 5.41) is 14.5. The van der Waals surface area contributed by atoms with Gasteiger partial charge in [0.05, 0.1) is 5.92 Å². The van der Waals surface area contributed by atoms with Gasteiger partial charge in [-0.25, -0.2) is 9.59 Å². The Hall–Kier alpha value is -3.35. The second-order valence-electron chi connectivity index (χ2n) is 9.25. The van der Waals surface area contributed by atoms with Crippen LogP contribution in [0.5, 0.6) is 0 Å². The molecule has 0 saturated carbocycles. The van der Waals surface area contributed by atoms with Crippen molar-refractivity contribution < 1.29 is 24.2 Å².